The maximum absolute atomic E-state index is 12.5. The van der Waals surface area contributed by atoms with Gasteiger partial charge >= 0.3 is 6.18 Å². The molecule has 0 aliphatic carbocycles. The summed E-state index contributed by atoms with van der Waals surface area (Å²) >= 11 is 5.82. The molecule has 0 amide bonds. The molecule has 1 N–H and O–H groups in total. The van der Waals surface area contributed by atoms with Gasteiger partial charge in [-0.1, -0.05) is 16.8 Å². The van der Waals surface area contributed by atoms with Gasteiger partial charge in [-0.25, -0.2) is 14.6 Å². The van der Waals surface area contributed by atoms with Crippen molar-refractivity contribution in [3.63, 3.8) is 0 Å². The van der Waals surface area contributed by atoms with E-state index in [4.69, 9.17) is 11.6 Å². The third-order valence-electron chi connectivity index (χ3n) is 3.06. The third kappa shape index (κ3) is 3.34. The summed E-state index contributed by atoms with van der Waals surface area (Å²) in [4.78, 5) is 7.87. The van der Waals surface area contributed by atoms with Crippen LogP contribution in [0, 0.1) is 0 Å². The number of nitrogens with one attached hydrogen (secondary N) is 1. The van der Waals surface area contributed by atoms with Crippen LogP contribution in [0.3, 0.4) is 0 Å². The van der Waals surface area contributed by atoms with Crippen molar-refractivity contribution in [3.05, 3.63) is 41.2 Å². The predicted octanol–water partition coefficient (Wildman–Crippen LogP) is 3.01. The van der Waals surface area contributed by atoms with Crippen LogP contribution in [0.25, 0.3) is 11.2 Å². The first-order chi connectivity index (χ1) is 10.9. The van der Waals surface area contributed by atoms with Crippen LogP contribution >= 0.6 is 11.6 Å². The van der Waals surface area contributed by atoms with Gasteiger partial charge in [0.15, 0.2) is 5.65 Å². The fourth-order valence-corrected chi connectivity index (χ4v) is 2.20. The average Bonchev–Trinajstić information content (AvgIpc) is 2.91. The lowest BCUT2D eigenvalue weighted by atomic mass is 10.3. The minimum absolute atomic E-state index is 0.0959. The molecule has 0 saturated heterocycles. The molecule has 0 radical (unpaired) electrons. The van der Waals surface area contributed by atoms with Gasteiger partial charge in [0.25, 0.3) is 0 Å². The molecule has 0 unspecified atom stereocenters. The Morgan fingerprint density at radius 3 is 2.83 bits per heavy atom. The summed E-state index contributed by atoms with van der Waals surface area (Å²) in [6.45, 7) is 0.764. The van der Waals surface area contributed by atoms with Crippen molar-refractivity contribution in [1.29, 1.82) is 0 Å². The second kappa shape index (κ2) is 5.99. The van der Waals surface area contributed by atoms with Crippen molar-refractivity contribution in [3.8, 4) is 0 Å². The van der Waals surface area contributed by atoms with E-state index in [0.29, 0.717) is 24.3 Å². The van der Waals surface area contributed by atoms with Crippen LogP contribution in [0.4, 0.5) is 19.0 Å². The number of anilines is 1. The van der Waals surface area contributed by atoms with Gasteiger partial charge in [-0.2, -0.15) is 13.2 Å². The second-order valence-corrected chi connectivity index (χ2v) is 5.04. The predicted molar refractivity (Wildman–Crippen MR) is 78.1 cm³/mol. The summed E-state index contributed by atoms with van der Waals surface area (Å²) in [7, 11) is 0. The zero-order chi connectivity index (χ0) is 16.4. The zero-order valence-electron chi connectivity index (χ0n) is 11.5. The number of halogens is 4. The smallest absolute Gasteiger partial charge is 0.367 e. The van der Waals surface area contributed by atoms with Crippen molar-refractivity contribution in [1.82, 2.24) is 25.0 Å². The van der Waals surface area contributed by atoms with Crippen LogP contribution in [0.15, 0.2) is 30.6 Å². The Bertz CT molecular complexity index is 832. The average molecular weight is 343 g/mol. The SMILES string of the molecule is FC(F)(F)c1cnc(NCCn2nnc3cccnc32)c(Cl)c1. The topological polar surface area (TPSA) is 68.5 Å². The first-order valence-electron chi connectivity index (χ1n) is 6.56. The van der Waals surface area contributed by atoms with E-state index in [1.165, 1.54) is 0 Å². The molecule has 120 valence electrons. The minimum Gasteiger partial charge on any atom is -0.367 e. The van der Waals surface area contributed by atoms with Crippen LogP contribution < -0.4 is 5.32 Å². The Morgan fingerprint density at radius 2 is 2.09 bits per heavy atom. The number of hydrogen-bond acceptors (Lipinski definition) is 5. The number of nitrogens with zero attached hydrogens (tertiary/aromatic N) is 5. The van der Waals surface area contributed by atoms with Crippen LogP contribution in [-0.2, 0) is 12.7 Å². The van der Waals surface area contributed by atoms with Crippen LogP contribution in [0.5, 0.6) is 0 Å². The highest BCUT2D eigenvalue weighted by Gasteiger charge is 2.31. The van der Waals surface area contributed by atoms with E-state index < -0.39 is 11.7 Å². The lowest BCUT2D eigenvalue weighted by Gasteiger charge is -2.10. The maximum atomic E-state index is 12.5. The first-order valence-corrected chi connectivity index (χ1v) is 6.94. The van der Waals surface area contributed by atoms with Crippen molar-refractivity contribution >= 4 is 28.6 Å². The molecule has 0 atom stereocenters. The number of aromatic nitrogens is 5. The summed E-state index contributed by atoms with van der Waals surface area (Å²) in [5.41, 5.74) is 0.401. The van der Waals surface area contributed by atoms with Gasteiger partial charge < -0.3 is 5.32 Å². The lowest BCUT2D eigenvalue weighted by Crippen LogP contribution is -2.14. The Balaban J connectivity index is 1.67. The van der Waals surface area contributed by atoms with Gasteiger partial charge in [0.1, 0.15) is 11.3 Å². The van der Waals surface area contributed by atoms with Crippen molar-refractivity contribution < 1.29 is 13.2 Å². The molecule has 0 spiro atoms. The van der Waals surface area contributed by atoms with E-state index in [9.17, 15) is 13.2 Å². The van der Waals surface area contributed by atoms with Crippen LogP contribution in [0.2, 0.25) is 5.02 Å². The molecule has 3 rings (SSSR count). The molecular weight excluding hydrogens is 333 g/mol. The van der Waals surface area contributed by atoms with E-state index >= 15 is 0 Å². The van der Waals surface area contributed by atoms with Gasteiger partial charge in [0.2, 0.25) is 0 Å². The summed E-state index contributed by atoms with van der Waals surface area (Å²) in [6.07, 6.45) is -2.11. The Labute approximate surface area is 133 Å². The quantitative estimate of drug-likeness (QED) is 0.789. The zero-order valence-corrected chi connectivity index (χ0v) is 12.3. The first kappa shape index (κ1) is 15.5. The van der Waals surface area contributed by atoms with Gasteiger partial charge in [0.05, 0.1) is 17.1 Å². The molecule has 0 fully saturated rings. The largest absolute Gasteiger partial charge is 0.417 e. The van der Waals surface area contributed by atoms with Crippen molar-refractivity contribution in [2.24, 2.45) is 0 Å². The Morgan fingerprint density at radius 1 is 1.26 bits per heavy atom. The molecular formula is C13H10ClF3N6. The second-order valence-electron chi connectivity index (χ2n) is 4.64. The van der Waals surface area contributed by atoms with E-state index in [2.05, 4.69) is 25.6 Å². The van der Waals surface area contributed by atoms with Crippen molar-refractivity contribution in [2.75, 3.05) is 11.9 Å². The highest BCUT2D eigenvalue weighted by Crippen LogP contribution is 2.32. The van der Waals surface area contributed by atoms with Gasteiger partial charge in [-0.15, -0.1) is 5.10 Å². The molecule has 0 aliphatic rings. The summed E-state index contributed by atoms with van der Waals surface area (Å²) in [5, 5.41) is 10.7. The van der Waals surface area contributed by atoms with Crippen LogP contribution in [0.1, 0.15) is 5.56 Å². The fourth-order valence-electron chi connectivity index (χ4n) is 1.96. The number of hydrogen-bond donors (Lipinski definition) is 1. The van der Waals surface area contributed by atoms with Crippen molar-refractivity contribution in [2.45, 2.75) is 12.7 Å². The molecule has 3 heterocycles. The van der Waals surface area contributed by atoms with Gasteiger partial charge in [0, 0.05) is 18.9 Å². The number of fused-ring (bicyclic) bond motifs is 1. The molecule has 23 heavy (non-hydrogen) atoms. The van der Waals surface area contributed by atoms with E-state index in [1.54, 1.807) is 23.0 Å². The lowest BCUT2D eigenvalue weighted by molar-refractivity contribution is -0.137. The molecule has 10 heteroatoms. The molecule has 0 bridgehead atoms. The molecule has 0 aliphatic heterocycles. The van der Waals surface area contributed by atoms with E-state index in [1.807, 2.05) is 0 Å². The third-order valence-corrected chi connectivity index (χ3v) is 3.34. The summed E-state index contributed by atoms with van der Waals surface area (Å²) in [5.74, 6) is 0.178. The molecule has 0 aromatic carbocycles. The maximum Gasteiger partial charge on any atom is 0.417 e. The monoisotopic (exact) mass is 342 g/mol. The number of alkyl halides is 3. The number of pyridine rings is 2. The highest BCUT2D eigenvalue weighted by atomic mass is 35.5. The van der Waals surface area contributed by atoms with E-state index in [0.717, 1.165) is 12.3 Å². The van der Waals surface area contributed by atoms with Crippen LogP contribution in [-0.4, -0.2) is 31.5 Å². The molecule has 3 aromatic rings. The normalized spacial score (nSPS) is 11.8. The van der Waals surface area contributed by atoms with Gasteiger partial charge in [-0.3, -0.25) is 0 Å². The summed E-state index contributed by atoms with van der Waals surface area (Å²) in [6, 6.07) is 4.38. The Hall–Kier alpha value is -2.42. The Kier molecular flexibility index (Phi) is 4.03. The minimum atomic E-state index is -4.47. The molecule has 3 aromatic heterocycles. The van der Waals surface area contributed by atoms with E-state index in [-0.39, 0.29) is 10.8 Å². The molecule has 0 saturated carbocycles. The fraction of sp³-hybridized carbons (Fsp3) is 0.231. The number of rotatable bonds is 4. The highest BCUT2D eigenvalue weighted by molar-refractivity contribution is 6.32. The summed E-state index contributed by atoms with van der Waals surface area (Å²) < 4.78 is 39.2. The van der Waals surface area contributed by atoms with Gasteiger partial charge in [-0.05, 0) is 18.2 Å². The standard InChI is InChI=1S/C13H10ClF3N6/c14-9-6-8(13(15,16)17)7-20-11(9)18-4-5-23-12-10(21-22-23)2-1-3-19-12/h1-3,6-7H,4-5H2,(H,18,20). The molecule has 6 nitrogen and oxygen atoms in total.